The first kappa shape index (κ1) is 12.2. The van der Waals surface area contributed by atoms with Crippen LogP contribution in [-0.4, -0.2) is 4.57 Å². The molecule has 4 fully saturated rings. The van der Waals surface area contributed by atoms with Gasteiger partial charge < -0.3 is 4.57 Å². The van der Waals surface area contributed by atoms with Crippen molar-refractivity contribution in [3.63, 3.8) is 0 Å². The van der Waals surface area contributed by atoms with Crippen LogP contribution in [-0.2, 0) is 12.5 Å². The molecular weight excluding hydrogens is 248 g/mol. The second kappa shape index (κ2) is 3.97. The van der Waals surface area contributed by atoms with Gasteiger partial charge in [-0.15, -0.1) is 0 Å². The maximum atomic E-state index is 12.3. The van der Waals surface area contributed by atoms with Crippen LogP contribution in [0.5, 0.6) is 0 Å². The molecule has 0 aliphatic heterocycles. The topological polar surface area (TPSA) is 45.8 Å². The van der Waals surface area contributed by atoms with Gasteiger partial charge in [0.15, 0.2) is 0 Å². The van der Waals surface area contributed by atoms with Gasteiger partial charge in [-0.05, 0) is 73.3 Å². The summed E-state index contributed by atoms with van der Waals surface area (Å²) < 4.78 is 1.53. The Hall–Kier alpha value is -1.56. The summed E-state index contributed by atoms with van der Waals surface area (Å²) in [4.78, 5) is 12.3. The number of aromatic nitrogens is 1. The van der Waals surface area contributed by atoms with Gasteiger partial charge in [-0.3, -0.25) is 4.79 Å². The summed E-state index contributed by atoms with van der Waals surface area (Å²) in [5, 5.41) is 9.46. The highest BCUT2D eigenvalue weighted by atomic mass is 16.1. The maximum Gasteiger partial charge on any atom is 0.268 e. The lowest BCUT2D eigenvalue weighted by Crippen LogP contribution is -2.49. The van der Waals surface area contributed by atoms with E-state index in [1.54, 1.807) is 7.05 Å². The van der Waals surface area contributed by atoms with Gasteiger partial charge in [-0.1, -0.05) is 0 Å². The standard InChI is InChI=1S/C17H20N2O/c1-19-3-2-15(14(10-18)16(19)20)17-7-11-4-12(8-17)6-13(5-11)9-17/h2-3,11-13H,4-9H2,1H3. The number of aryl methyl sites for hydroxylation is 1. The monoisotopic (exact) mass is 268 g/mol. The fraction of sp³-hybridized carbons (Fsp3) is 0.647. The first-order valence-corrected chi connectivity index (χ1v) is 7.71. The van der Waals surface area contributed by atoms with Gasteiger partial charge in [-0.25, -0.2) is 0 Å². The second-order valence-corrected chi connectivity index (χ2v) is 7.33. The van der Waals surface area contributed by atoms with Gasteiger partial charge in [0.25, 0.3) is 5.56 Å². The number of pyridine rings is 1. The average Bonchev–Trinajstić information content (AvgIpc) is 2.40. The van der Waals surface area contributed by atoms with Gasteiger partial charge in [-0.2, -0.15) is 5.26 Å². The summed E-state index contributed by atoms with van der Waals surface area (Å²) in [7, 11) is 1.73. The minimum atomic E-state index is -0.124. The molecule has 0 radical (unpaired) electrons. The molecule has 0 atom stereocenters. The minimum Gasteiger partial charge on any atom is -0.317 e. The van der Waals surface area contributed by atoms with E-state index in [1.165, 1.54) is 43.1 Å². The highest BCUT2D eigenvalue weighted by Gasteiger charge is 2.52. The lowest BCUT2D eigenvalue weighted by molar-refractivity contribution is -0.00542. The number of hydrogen-bond donors (Lipinski definition) is 0. The number of hydrogen-bond acceptors (Lipinski definition) is 2. The van der Waals surface area contributed by atoms with Crippen molar-refractivity contribution in [3.05, 3.63) is 33.7 Å². The van der Waals surface area contributed by atoms with Crippen molar-refractivity contribution in [1.82, 2.24) is 4.57 Å². The Kier molecular flexibility index (Phi) is 2.42. The molecule has 104 valence electrons. The third-order valence-corrected chi connectivity index (χ3v) is 5.99. The van der Waals surface area contributed by atoms with E-state index in [4.69, 9.17) is 0 Å². The minimum absolute atomic E-state index is 0.124. The summed E-state index contributed by atoms with van der Waals surface area (Å²) in [5.41, 5.74) is 1.47. The highest BCUT2D eigenvalue weighted by Crippen LogP contribution is 2.60. The third-order valence-electron chi connectivity index (χ3n) is 5.99. The fourth-order valence-electron chi connectivity index (χ4n) is 5.62. The van der Waals surface area contributed by atoms with Crippen LogP contribution in [0.4, 0.5) is 0 Å². The molecule has 0 N–H and O–H groups in total. The molecule has 4 bridgehead atoms. The van der Waals surface area contributed by atoms with E-state index in [0.29, 0.717) is 5.56 Å². The van der Waals surface area contributed by atoms with Crippen LogP contribution in [0.2, 0.25) is 0 Å². The maximum absolute atomic E-state index is 12.3. The lowest BCUT2D eigenvalue weighted by atomic mass is 9.48. The van der Waals surface area contributed by atoms with Gasteiger partial charge in [0.1, 0.15) is 11.6 Å². The Balaban J connectivity index is 1.88. The average molecular weight is 268 g/mol. The predicted octanol–water partition coefficient (Wildman–Crippen LogP) is 2.72. The van der Waals surface area contributed by atoms with Crippen LogP contribution in [0, 0.1) is 29.1 Å². The molecule has 3 heteroatoms. The number of nitrogens with zero attached hydrogens (tertiary/aromatic N) is 2. The van der Waals surface area contributed by atoms with Gasteiger partial charge in [0, 0.05) is 13.2 Å². The zero-order valence-electron chi connectivity index (χ0n) is 11.9. The molecule has 4 aliphatic rings. The normalized spacial score (nSPS) is 37.9. The van der Waals surface area contributed by atoms with Crippen molar-refractivity contribution in [2.45, 2.75) is 43.9 Å². The summed E-state index contributed by atoms with van der Waals surface area (Å²) in [6.45, 7) is 0. The van der Waals surface area contributed by atoms with Crippen molar-refractivity contribution >= 4 is 0 Å². The van der Waals surface area contributed by atoms with Crippen molar-refractivity contribution in [2.75, 3.05) is 0 Å². The smallest absolute Gasteiger partial charge is 0.268 e. The Bertz CT molecular complexity index is 629. The molecule has 1 heterocycles. The molecule has 4 aliphatic carbocycles. The molecule has 1 aromatic rings. The molecule has 4 saturated carbocycles. The Morgan fingerprint density at radius 2 is 1.75 bits per heavy atom. The zero-order valence-corrected chi connectivity index (χ0v) is 11.9. The van der Waals surface area contributed by atoms with Crippen LogP contribution < -0.4 is 5.56 Å². The molecule has 0 spiro atoms. The second-order valence-electron chi connectivity index (χ2n) is 7.33. The Morgan fingerprint density at radius 1 is 1.20 bits per heavy atom. The quantitative estimate of drug-likeness (QED) is 0.786. The largest absolute Gasteiger partial charge is 0.317 e. The van der Waals surface area contributed by atoms with Gasteiger partial charge in [0.2, 0.25) is 0 Å². The third kappa shape index (κ3) is 1.54. The first-order valence-electron chi connectivity index (χ1n) is 7.71. The van der Waals surface area contributed by atoms with Crippen molar-refractivity contribution in [1.29, 1.82) is 5.26 Å². The summed E-state index contributed by atoms with van der Waals surface area (Å²) in [6.07, 6.45) is 9.57. The van der Waals surface area contributed by atoms with E-state index >= 15 is 0 Å². The highest BCUT2D eigenvalue weighted by molar-refractivity contribution is 5.42. The molecule has 0 saturated heterocycles. The van der Waals surface area contributed by atoms with Crippen LogP contribution in [0.25, 0.3) is 0 Å². The van der Waals surface area contributed by atoms with E-state index in [9.17, 15) is 10.1 Å². The molecule has 20 heavy (non-hydrogen) atoms. The number of rotatable bonds is 1. The Labute approximate surface area is 119 Å². The molecule has 0 amide bonds. The molecular formula is C17H20N2O. The number of nitriles is 1. The lowest BCUT2D eigenvalue weighted by Gasteiger charge is -2.57. The van der Waals surface area contributed by atoms with Crippen LogP contribution in [0.15, 0.2) is 17.1 Å². The van der Waals surface area contributed by atoms with E-state index in [2.05, 4.69) is 6.07 Å². The van der Waals surface area contributed by atoms with E-state index in [1.807, 2.05) is 12.3 Å². The molecule has 5 rings (SSSR count). The fourth-order valence-corrected chi connectivity index (χ4v) is 5.62. The van der Waals surface area contributed by atoms with Crippen molar-refractivity contribution < 1.29 is 0 Å². The summed E-state index contributed by atoms with van der Waals surface area (Å²) in [5.74, 6) is 2.49. The molecule has 0 unspecified atom stereocenters. The van der Waals surface area contributed by atoms with Crippen molar-refractivity contribution in [3.8, 4) is 6.07 Å². The Morgan fingerprint density at radius 3 is 2.25 bits per heavy atom. The first-order chi connectivity index (χ1) is 9.61. The molecule has 3 nitrogen and oxygen atoms in total. The summed E-state index contributed by atoms with van der Waals surface area (Å²) >= 11 is 0. The molecule has 1 aromatic heterocycles. The van der Waals surface area contributed by atoms with Crippen LogP contribution in [0.1, 0.15) is 49.7 Å². The SMILES string of the molecule is Cn1ccc(C23CC4CC(CC(C4)C2)C3)c(C#N)c1=O. The zero-order chi connectivity index (χ0) is 13.9. The van der Waals surface area contributed by atoms with Gasteiger partial charge >= 0.3 is 0 Å². The molecule has 0 aromatic carbocycles. The predicted molar refractivity (Wildman–Crippen MR) is 76.2 cm³/mol. The summed E-state index contributed by atoms with van der Waals surface area (Å²) in [6, 6.07) is 4.25. The van der Waals surface area contributed by atoms with Crippen LogP contribution >= 0.6 is 0 Å². The van der Waals surface area contributed by atoms with Crippen molar-refractivity contribution in [2.24, 2.45) is 24.8 Å². The van der Waals surface area contributed by atoms with E-state index in [0.717, 1.165) is 23.3 Å². The van der Waals surface area contributed by atoms with Gasteiger partial charge in [0.05, 0.1) is 0 Å². The van der Waals surface area contributed by atoms with E-state index in [-0.39, 0.29) is 11.0 Å². The van der Waals surface area contributed by atoms with Crippen LogP contribution in [0.3, 0.4) is 0 Å². The van der Waals surface area contributed by atoms with E-state index < -0.39 is 0 Å².